The van der Waals surface area contributed by atoms with Crippen molar-refractivity contribution in [3.63, 3.8) is 0 Å². The number of nitrogens with one attached hydrogen (secondary N) is 1. The molecule has 2 rings (SSSR count). The molecule has 160 valence electrons. The maximum Gasteiger partial charge on any atom is 0.371 e. The minimum atomic E-state index is -5.03. The maximum atomic E-state index is 15.2. The summed E-state index contributed by atoms with van der Waals surface area (Å²) in [7, 11) is -5.03. The summed E-state index contributed by atoms with van der Waals surface area (Å²) in [5.41, 5.74) is 0.748. The first-order chi connectivity index (χ1) is 13.5. The van der Waals surface area contributed by atoms with Crippen LogP contribution in [0.15, 0.2) is 65.6 Å². The average Bonchev–Trinajstić information content (AvgIpc) is 2.67. The second-order valence-electron chi connectivity index (χ2n) is 7.43. The largest absolute Gasteiger partial charge is 0.598 e. The van der Waals surface area contributed by atoms with Gasteiger partial charge in [-0.05, 0) is 38.5 Å². The van der Waals surface area contributed by atoms with Crippen molar-refractivity contribution in [2.45, 2.75) is 48.3 Å². The van der Waals surface area contributed by atoms with Crippen molar-refractivity contribution < 1.29 is 26.5 Å². The molecule has 0 amide bonds. The minimum Gasteiger partial charge on any atom is -0.598 e. The van der Waals surface area contributed by atoms with Gasteiger partial charge in [-0.1, -0.05) is 48.5 Å². The van der Waals surface area contributed by atoms with Crippen LogP contribution in [0.5, 0.6) is 0 Å². The summed E-state index contributed by atoms with van der Waals surface area (Å²) >= 11 is -1.93. The van der Waals surface area contributed by atoms with Crippen molar-refractivity contribution in [1.29, 1.82) is 0 Å². The lowest BCUT2D eigenvalue weighted by atomic mass is 10.2. The fourth-order valence-corrected chi connectivity index (χ4v) is 4.55. The Morgan fingerprint density at radius 3 is 2.07 bits per heavy atom. The number of alkyl halides is 2. The highest BCUT2D eigenvalue weighted by atomic mass is 32.2. The van der Waals surface area contributed by atoms with Gasteiger partial charge in [0, 0.05) is 11.4 Å². The predicted octanol–water partition coefficient (Wildman–Crippen LogP) is 3.69. The first-order valence-electron chi connectivity index (χ1n) is 8.93. The monoisotopic (exact) mass is 445 g/mol. The van der Waals surface area contributed by atoms with E-state index in [1.165, 1.54) is 18.2 Å². The molecule has 0 radical (unpaired) electrons. The van der Waals surface area contributed by atoms with Gasteiger partial charge in [0.2, 0.25) is 9.84 Å². The van der Waals surface area contributed by atoms with Gasteiger partial charge >= 0.3 is 5.25 Å². The second-order valence-corrected chi connectivity index (χ2v) is 11.5. The molecule has 0 aliphatic heterocycles. The Morgan fingerprint density at radius 1 is 1.03 bits per heavy atom. The van der Waals surface area contributed by atoms with E-state index in [9.17, 15) is 13.0 Å². The van der Waals surface area contributed by atoms with Crippen LogP contribution in [0.4, 0.5) is 8.78 Å². The van der Waals surface area contributed by atoms with E-state index >= 15 is 8.78 Å². The highest BCUT2D eigenvalue weighted by Gasteiger charge is 2.55. The Kier molecular flexibility index (Phi) is 7.80. The van der Waals surface area contributed by atoms with E-state index in [4.69, 9.17) is 4.74 Å². The van der Waals surface area contributed by atoms with Gasteiger partial charge in [0.25, 0.3) is 0 Å². The van der Waals surface area contributed by atoms with Crippen molar-refractivity contribution in [3.05, 3.63) is 66.2 Å². The summed E-state index contributed by atoms with van der Waals surface area (Å²) in [6.45, 7) is 4.17. The Morgan fingerprint density at radius 2 is 1.55 bits per heavy atom. The molecule has 0 saturated carbocycles. The molecule has 0 heterocycles. The van der Waals surface area contributed by atoms with Gasteiger partial charge < -0.3 is 9.29 Å². The molecule has 0 bridgehead atoms. The molecule has 2 aromatic carbocycles. The van der Waals surface area contributed by atoms with Gasteiger partial charge in [-0.3, -0.25) is 0 Å². The predicted molar refractivity (Wildman–Crippen MR) is 109 cm³/mol. The van der Waals surface area contributed by atoms with Crippen LogP contribution in [0.2, 0.25) is 0 Å². The van der Waals surface area contributed by atoms with Crippen molar-refractivity contribution in [1.82, 2.24) is 4.72 Å². The number of hydrogen-bond acceptors (Lipinski definition) is 5. The standard InChI is InChI=1S/C20H25F2NO4S2/c1-19(2,3)28(24)23-18(15-27-14-16-10-6-4-7-11-16)20(21,22)29(25,26)17-12-8-5-9-13-17/h4-13,18,23H,14-15H2,1-3H3. The van der Waals surface area contributed by atoms with E-state index in [0.717, 1.165) is 17.7 Å². The van der Waals surface area contributed by atoms with Crippen molar-refractivity contribution in [3.8, 4) is 0 Å². The molecule has 2 unspecified atom stereocenters. The quantitative estimate of drug-likeness (QED) is 0.596. The third-order valence-electron chi connectivity index (χ3n) is 4.02. The minimum absolute atomic E-state index is 0.0165. The summed E-state index contributed by atoms with van der Waals surface area (Å²) in [5, 5.41) is -4.24. The van der Waals surface area contributed by atoms with Crippen LogP contribution in [0.1, 0.15) is 26.3 Å². The maximum absolute atomic E-state index is 15.2. The van der Waals surface area contributed by atoms with Gasteiger partial charge in [-0.15, -0.1) is 4.72 Å². The third kappa shape index (κ3) is 5.99. The van der Waals surface area contributed by atoms with Crippen LogP contribution in [0, 0.1) is 0 Å². The molecule has 1 N–H and O–H groups in total. The van der Waals surface area contributed by atoms with E-state index in [0.29, 0.717) is 0 Å². The lowest BCUT2D eigenvalue weighted by molar-refractivity contribution is 0.00323. The Hall–Kier alpha value is -1.52. The van der Waals surface area contributed by atoms with Gasteiger partial charge in [0.1, 0.15) is 4.75 Å². The Labute approximate surface area is 173 Å². The molecule has 2 atom stereocenters. The van der Waals surface area contributed by atoms with Crippen molar-refractivity contribution >= 4 is 21.2 Å². The molecule has 0 fully saturated rings. The van der Waals surface area contributed by atoms with Crippen LogP contribution < -0.4 is 4.72 Å². The average molecular weight is 446 g/mol. The summed E-state index contributed by atoms with van der Waals surface area (Å²) in [4.78, 5) is -0.513. The highest BCUT2D eigenvalue weighted by Crippen LogP contribution is 2.33. The van der Waals surface area contributed by atoms with Gasteiger partial charge in [-0.25, -0.2) is 8.42 Å². The molecular weight excluding hydrogens is 420 g/mol. The molecule has 0 spiro atoms. The van der Waals surface area contributed by atoms with Crippen LogP contribution in [-0.2, 0) is 32.5 Å². The number of halogens is 2. The number of benzene rings is 2. The van der Waals surface area contributed by atoms with Crippen molar-refractivity contribution in [2.24, 2.45) is 0 Å². The number of hydrogen-bond donors (Lipinski definition) is 1. The zero-order chi connectivity index (χ0) is 21.7. The first kappa shape index (κ1) is 23.8. The van der Waals surface area contributed by atoms with Crippen molar-refractivity contribution in [2.75, 3.05) is 6.61 Å². The molecule has 0 aromatic heterocycles. The fourth-order valence-electron chi connectivity index (χ4n) is 2.32. The molecular formula is C20H25F2NO4S2. The lowest BCUT2D eigenvalue weighted by Crippen LogP contribution is -2.57. The molecule has 9 heteroatoms. The Bertz CT molecular complexity index is 872. The fraction of sp³-hybridized carbons (Fsp3) is 0.400. The lowest BCUT2D eigenvalue weighted by Gasteiger charge is -2.31. The second kappa shape index (κ2) is 9.53. The first-order valence-corrected chi connectivity index (χ1v) is 11.6. The number of rotatable bonds is 9. The van der Waals surface area contributed by atoms with E-state index < -0.39 is 48.7 Å². The van der Waals surface area contributed by atoms with Crippen LogP contribution in [0.3, 0.4) is 0 Å². The normalized spacial score (nSPS) is 15.1. The molecule has 0 saturated heterocycles. The van der Waals surface area contributed by atoms with Crippen LogP contribution in [-0.4, -0.2) is 35.6 Å². The third-order valence-corrected chi connectivity index (χ3v) is 7.52. The summed E-state index contributed by atoms with van der Waals surface area (Å²) in [6.07, 6.45) is 0. The smallest absolute Gasteiger partial charge is 0.371 e. The SMILES string of the molecule is CC(C)(C)[S+]([O-])NC(COCc1ccccc1)C(F)(F)S(=O)(=O)c1ccccc1. The molecule has 29 heavy (non-hydrogen) atoms. The summed E-state index contributed by atoms with van der Waals surface area (Å²) in [5.74, 6) is 0. The Balaban J connectivity index is 2.26. The van der Waals surface area contributed by atoms with E-state index in [1.807, 2.05) is 0 Å². The number of sulfone groups is 1. The molecule has 0 aliphatic carbocycles. The molecule has 0 aliphatic rings. The molecule has 5 nitrogen and oxygen atoms in total. The van der Waals surface area contributed by atoms with Gasteiger partial charge in [0.15, 0.2) is 6.04 Å². The highest BCUT2D eigenvalue weighted by molar-refractivity contribution is 7.93. The van der Waals surface area contributed by atoms with E-state index in [2.05, 4.69) is 4.72 Å². The van der Waals surface area contributed by atoms with Crippen LogP contribution in [0.25, 0.3) is 0 Å². The van der Waals surface area contributed by atoms with E-state index in [-0.39, 0.29) is 6.61 Å². The van der Waals surface area contributed by atoms with Crippen LogP contribution >= 0.6 is 0 Å². The summed E-state index contributed by atoms with van der Waals surface area (Å²) < 4.78 is 74.8. The zero-order valence-electron chi connectivity index (χ0n) is 16.5. The summed E-state index contributed by atoms with van der Waals surface area (Å²) in [6, 6.07) is 13.3. The van der Waals surface area contributed by atoms with Gasteiger partial charge in [-0.2, -0.15) is 8.78 Å². The number of ether oxygens (including phenoxy) is 1. The zero-order valence-corrected chi connectivity index (χ0v) is 18.1. The molecule has 2 aromatic rings. The van der Waals surface area contributed by atoms with E-state index in [1.54, 1.807) is 51.1 Å². The van der Waals surface area contributed by atoms with Gasteiger partial charge in [0.05, 0.1) is 18.1 Å². The topological polar surface area (TPSA) is 78.5 Å².